The molecular formula is C36H44F5N5O2. The zero-order valence-electron chi connectivity index (χ0n) is 27.8. The van der Waals surface area contributed by atoms with Gasteiger partial charge in [0.1, 0.15) is 17.7 Å². The average Bonchev–Trinajstić information content (AvgIpc) is 3.40. The molecule has 1 aromatic carbocycles. The molecule has 4 heterocycles. The number of nitrogens with zero attached hydrogens (tertiary/aromatic N) is 4. The number of hydrogen-bond donors (Lipinski definition) is 1. The Kier molecular flexibility index (Phi) is 10.6. The fraction of sp³-hybridized carbons (Fsp3) is 0.528. The number of aldehydes is 1. The minimum absolute atomic E-state index is 0.236. The van der Waals surface area contributed by atoms with Crippen LogP contribution in [0.2, 0.25) is 0 Å². The lowest BCUT2D eigenvalue weighted by atomic mass is 9.70. The Hall–Kier alpha value is -3.80. The van der Waals surface area contributed by atoms with Crippen LogP contribution in [0.25, 0.3) is 0 Å². The molecule has 1 fully saturated rings. The molecule has 2 aromatic heterocycles. The van der Waals surface area contributed by atoms with E-state index >= 15 is 4.39 Å². The fourth-order valence-corrected chi connectivity index (χ4v) is 7.31. The Morgan fingerprint density at radius 2 is 1.88 bits per heavy atom. The highest BCUT2D eigenvalue weighted by Crippen LogP contribution is 2.41. The van der Waals surface area contributed by atoms with Crippen LogP contribution in [0.1, 0.15) is 99.6 Å². The lowest BCUT2D eigenvalue weighted by Crippen LogP contribution is -2.45. The number of halogens is 5. The molecule has 0 saturated carbocycles. The summed E-state index contributed by atoms with van der Waals surface area (Å²) in [5.74, 6) is -0.976. The summed E-state index contributed by atoms with van der Waals surface area (Å²) in [5, 5.41) is 3.54. The van der Waals surface area contributed by atoms with Crippen molar-refractivity contribution >= 4 is 6.29 Å². The number of piperidine rings is 1. The number of benzene rings is 1. The van der Waals surface area contributed by atoms with Crippen molar-refractivity contribution in [1.82, 2.24) is 24.8 Å². The van der Waals surface area contributed by atoms with Gasteiger partial charge in [0, 0.05) is 49.3 Å². The van der Waals surface area contributed by atoms with Crippen molar-refractivity contribution in [2.45, 2.75) is 101 Å². The van der Waals surface area contributed by atoms with Gasteiger partial charge in [0.05, 0.1) is 36.8 Å². The molecule has 0 unspecified atom stereocenters. The highest BCUT2D eigenvalue weighted by atomic mass is 19.4. The number of fused-ring (bicyclic) bond motifs is 1. The van der Waals surface area contributed by atoms with E-state index < -0.39 is 42.4 Å². The smallest absolute Gasteiger partial charge is 0.369 e. The van der Waals surface area contributed by atoms with Gasteiger partial charge in [0.2, 0.25) is 0 Å². The predicted molar refractivity (Wildman–Crippen MR) is 172 cm³/mol. The Balaban J connectivity index is 1.39. The first-order valence-corrected chi connectivity index (χ1v) is 16.6. The van der Waals surface area contributed by atoms with E-state index in [9.17, 15) is 22.4 Å². The van der Waals surface area contributed by atoms with Crippen LogP contribution in [0.15, 0.2) is 55.1 Å². The first-order valence-electron chi connectivity index (χ1n) is 16.6. The van der Waals surface area contributed by atoms with Crippen molar-refractivity contribution in [2.75, 3.05) is 19.7 Å². The molecule has 7 nitrogen and oxygen atoms in total. The summed E-state index contributed by atoms with van der Waals surface area (Å²) in [6.45, 7) is 10.8. The molecule has 0 bridgehead atoms. The summed E-state index contributed by atoms with van der Waals surface area (Å²) in [4.78, 5) is 23.3. The van der Waals surface area contributed by atoms with Gasteiger partial charge in [-0.2, -0.15) is 13.2 Å². The largest absolute Gasteiger partial charge is 0.391 e. The molecule has 260 valence electrons. The molecule has 3 aromatic rings. The number of carbonyl (C=O) groups excluding carboxylic acids is 1. The second-order valence-electron chi connectivity index (χ2n) is 13.4. The van der Waals surface area contributed by atoms with Crippen LogP contribution in [0.3, 0.4) is 0 Å². The van der Waals surface area contributed by atoms with Gasteiger partial charge >= 0.3 is 6.18 Å². The number of aromatic nitrogens is 3. The van der Waals surface area contributed by atoms with Crippen LogP contribution >= 0.6 is 0 Å². The van der Waals surface area contributed by atoms with Gasteiger partial charge in [-0.05, 0) is 69.2 Å². The Morgan fingerprint density at radius 3 is 2.56 bits per heavy atom. The number of ether oxygens (including phenoxy) is 1. The lowest BCUT2D eigenvalue weighted by Gasteiger charge is -2.44. The standard InChI is InChI=1S/C36H44F5N5O2/c1-5-29-27(9-7-17-42-29)35(15-20-47)13-18-45(19-14-35)24(2)44-30-12-11-25(26-8-6-10-28(37)32(26)38)23-46-31(22-43-33(30)46)34(3,4)48-21-16-36(39,40)41/h6-10,17,20,22,25,30,44H,2,5,11-16,18-19,21,23H2,1,3-4H3/t25-,30-/m1/s1. The Morgan fingerprint density at radius 1 is 1.12 bits per heavy atom. The summed E-state index contributed by atoms with van der Waals surface area (Å²) >= 11 is 0. The maximum atomic E-state index is 15.1. The second kappa shape index (κ2) is 14.4. The number of imidazole rings is 1. The first-order chi connectivity index (χ1) is 22.8. The number of nitrogens with one attached hydrogen (secondary N) is 1. The molecule has 48 heavy (non-hydrogen) atoms. The van der Waals surface area contributed by atoms with Gasteiger partial charge in [-0.25, -0.2) is 13.8 Å². The van der Waals surface area contributed by atoms with Crippen LogP contribution in [0.4, 0.5) is 22.0 Å². The Bertz CT molecular complexity index is 1600. The maximum absolute atomic E-state index is 15.1. The fourth-order valence-electron chi connectivity index (χ4n) is 7.31. The molecule has 12 heteroatoms. The lowest BCUT2D eigenvalue weighted by molar-refractivity contribution is -0.156. The second-order valence-corrected chi connectivity index (χ2v) is 13.4. The van der Waals surface area contributed by atoms with Gasteiger partial charge in [0.25, 0.3) is 0 Å². The van der Waals surface area contributed by atoms with E-state index in [1.54, 1.807) is 32.3 Å². The quantitative estimate of drug-likeness (QED) is 0.158. The molecule has 5 rings (SSSR count). The number of pyridine rings is 1. The number of likely N-dealkylation sites (tertiary alicyclic amines) is 1. The van der Waals surface area contributed by atoms with Gasteiger partial charge in [0.15, 0.2) is 11.6 Å². The third kappa shape index (κ3) is 7.58. The van der Waals surface area contributed by atoms with Crippen LogP contribution in [0, 0.1) is 11.6 Å². The van der Waals surface area contributed by atoms with Crippen LogP contribution in [-0.4, -0.2) is 51.6 Å². The zero-order chi connectivity index (χ0) is 34.7. The molecule has 2 aliphatic heterocycles. The van der Waals surface area contributed by atoms with Crippen molar-refractivity contribution in [2.24, 2.45) is 0 Å². The van der Waals surface area contributed by atoms with Crippen molar-refractivity contribution < 1.29 is 31.5 Å². The van der Waals surface area contributed by atoms with Crippen LogP contribution < -0.4 is 5.32 Å². The van der Waals surface area contributed by atoms with E-state index in [4.69, 9.17) is 9.72 Å². The van der Waals surface area contributed by atoms with E-state index in [-0.39, 0.29) is 23.6 Å². The number of carbonyl (C=O) groups is 1. The van der Waals surface area contributed by atoms with E-state index in [1.165, 1.54) is 6.07 Å². The maximum Gasteiger partial charge on any atom is 0.391 e. The van der Waals surface area contributed by atoms with E-state index in [1.807, 2.05) is 10.6 Å². The molecule has 2 aliphatic rings. The number of rotatable bonds is 12. The summed E-state index contributed by atoms with van der Waals surface area (Å²) in [6.07, 6.45) is 2.57. The molecule has 0 aliphatic carbocycles. The summed E-state index contributed by atoms with van der Waals surface area (Å²) in [6, 6.07) is 7.75. The van der Waals surface area contributed by atoms with Gasteiger partial charge in [-0.1, -0.05) is 31.7 Å². The number of alkyl halides is 3. The van der Waals surface area contributed by atoms with Crippen molar-refractivity contribution in [3.63, 3.8) is 0 Å². The third-order valence-corrected chi connectivity index (χ3v) is 10.0. The van der Waals surface area contributed by atoms with Crippen molar-refractivity contribution in [3.05, 3.63) is 95.1 Å². The number of aryl methyl sites for hydroxylation is 1. The summed E-state index contributed by atoms with van der Waals surface area (Å²) < 4.78 is 75.8. The molecule has 2 atom stereocenters. The molecule has 1 saturated heterocycles. The first kappa shape index (κ1) is 35.5. The average molecular weight is 674 g/mol. The summed E-state index contributed by atoms with van der Waals surface area (Å²) in [7, 11) is 0. The predicted octanol–water partition coefficient (Wildman–Crippen LogP) is 7.63. The minimum atomic E-state index is -4.36. The summed E-state index contributed by atoms with van der Waals surface area (Å²) in [5.41, 5.74) is 1.44. The monoisotopic (exact) mass is 673 g/mol. The normalized spacial score (nSPS) is 19.8. The molecule has 1 N–H and O–H groups in total. The van der Waals surface area contributed by atoms with Gasteiger partial charge in [-0.15, -0.1) is 0 Å². The Labute approximate surface area is 278 Å². The number of hydrogen-bond acceptors (Lipinski definition) is 6. The highest BCUT2D eigenvalue weighted by Gasteiger charge is 2.39. The SMILES string of the molecule is C=C(N[C@@H]1CC[C@@H](c2cccc(F)c2F)Cn2c(C(C)(C)OCCC(F)(F)F)cnc21)N1CCC(CC=O)(c2cccnc2CC)CC1. The molecule has 0 amide bonds. The van der Waals surface area contributed by atoms with E-state index in [0.717, 1.165) is 42.9 Å². The molecule has 0 spiro atoms. The minimum Gasteiger partial charge on any atom is -0.369 e. The van der Waals surface area contributed by atoms with Crippen molar-refractivity contribution in [3.8, 4) is 0 Å². The van der Waals surface area contributed by atoms with Gasteiger partial charge in [-0.3, -0.25) is 4.98 Å². The van der Waals surface area contributed by atoms with Crippen molar-refractivity contribution in [1.29, 1.82) is 0 Å². The van der Waals surface area contributed by atoms with Crippen LogP contribution in [-0.2, 0) is 33.5 Å². The van der Waals surface area contributed by atoms with E-state index in [0.29, 0.717) is 49.7 Å². The molecule has 0 radical (unpaired) electrons. The zero-order valence-corrected chi connectivity index (χ0v) is 27.8. The third-order valence-electron chi connectivity index (χ3n) is 10.0. The van der Waals surface area contributed by atoms with Crippen LogP contribution in [0.5, 0.6) is 0 Å². The highest BCUT2D eigenvalue weighted by molar-refractivity contribution is 5.54. The van der Waals surface area contributed by atoms with E-state index in [2.05, 4.69) is 34.8 Å². The molecular weight excluding hydrogens is 629 g/mol. The van der Waals surface area contributed by atoms with Gasteiger partial charge < -0.3 is 24.3 Å². The topological polar surface area (TPSA) is 72.3 Å².